The number of esters is 1. The van der Waals surface area contributed by atoms with Crippen LogP contribution in [0.3, 0.4) is 0 Å². The molecule has 5 rings (SSSR count). The van der Waals surface area contributed by atoms with Gasteiger partial charge in [0, 0.05) is 11.6 Å². The molecule has 6 heteroatoms. The van der Waals surface area contributed by atoms with Crippen molar-refractivity contribution in [2.24, 2.45) is 5.92 Å². The van der Waals surface area contributed by atoms with E-state index in [-0.39, 0.29) is 5.97 Å². The van der Waals surface area contributed by atoms with Gasteiger partial charge in [0.1, 0.15) is 22.8 Å². The third-order valence-electron chi connectivity index (χ3n) is 5.22. The van der Waals surface area contributed by atoms with Crippen LogP contribution in [0, 0.1) is 5.92 Å². The lowest BCUT2D eigenvalue weighted by Crippen LogP contribution is -2.03. The molecule has 32 heavy (non-hydrogen) atoms. The van der Waals surface area contributed by atoms with Crippen LogP contribution in [-0.4, -0.2) is 24.2 Å². The fourth-order valence-corrected chi connectivity index (χ4v) is 3.32. The lowest BCUT2D eigenvalue weighted by Gasteiger charge is -2.09. The molecule has 0 spiro atoms. The van der Waals surface area contributed by atoms with E-state index >= 15 is 0 Å². The lowest BCUT2D eigenvalue weighted by atomic mass is 10.2. The maximum Gasteiger partial charge on any atom is 0.338 e. The normalized spacial score (nSPS) is 13.2. The molecule has 0 N–H and O–H groups in total. The summed E-state index contributed by atoms with van der Waals surface area (Å²) in [4.78, 5) is 16.5. The summed E-state index contributed by atoms with van der Waals surface area (Å²) in [6.07, 6.45) is 2.52. The van der Waals surface area contributed by atoms with Gasteiger partial charge in [-0.15, -0.1) is 0 Å². The standard InChI is InChI=1S/C26H23NO5/c1-2-29-26(28)19-10-13-23-24(14-19)32-25(27-23)18-8-11-20(12-9-18)31-22-5-3-4-21(15-22)30-16-17-6-7-17/h3-5,8-15,17H,2,6-7,16H2,1H3. The van der Waals surface area contributed by atoms with Crippen LogP contribution in [-0.2, 0) is 4.74 Å². The first-order valence-corrected chi connectivity index (χ1v) is 10.8. The van der Waals surface area contributed by atoms with Gasteiger partial charge >= 0.3 is 5.97 Å². The maximum atomic E-state index is 11.9. The minimum Gasteiger partial charge on any atom is -0.493 e. The van der Waals surface area contributed by atoms with Crippen molar-refractivity contribution in [2.75, 3.05) is 13.2 Å². The zero-order valence-electron chi connectivity index (χ0n) is 17.7. The summed E-state index contributed by atoms with van der Waals surface area (Å²) in [7, 11) is 0. The summed E-state index contributed by atoms with van der Waals surface area (Å²) in [6, 6.07) is 20.3. The number of hydrogen-bond acceptors (Lipinski definition) is 6. The molecule has 1 aliphatic rings. The first kappa shape index (κ1) is 20.1. The largest absolute Gasteiger partial charge is 0.493 e. The second kappa shape index (κ2) is 8.75. The van der Waals surface area contributed by atoms with Gasteiger partial charge in [-0.25, -0.2) is 9.78 Å². The Morgan fingerprint density at radius 2 is 1.81 bits per heavy atom. The first-order chi connectivity index (χ1) is 15.7. The minimum absolute atomic E-state index is 0.324. The van der Waals surface area contributed by atoms with Gasteiger partial charge in [0.25, 0.3) is 0 Å². The van der Waals surface area contributed by atoms with Gasteiger partial charge in [-0.2, -0.15) is 0 Å². The highest BCUT2D eigenvalue weighted by atomic mass is 16.5. The highest BCUT2D eigenvalue weighted by Gasteiger charge is 2.22. The minimum atomic E-state index is -0.379. The summed E-state index contributed by atoms with van der Waals surface area (Å²) in [6.45, 7) is 2.87. The van der Waals surface area contributed by atoms with Crippen molar-refractivity contribution in [1.29, 1.82) is 0 Å². The Labute approximate surface area is 185 Å². The maximum absolute atomic E-state index is 11.9. The van der Waals surface area contributed by atoms with E-state index < -0.39 is 0 Å². The third-order valence-corrected chi connectivity index (χ3v) is 5.22. The average Bonchev–Trinajstić information content (AvgIpc) is 3.55. The van der Waals surface area contributed by atoms with E-state index in [4.69, 9.17) is 18.6 Å². The molecule has 3 aromatic carbocycles. The highest BCUT2D eigenvalue weighted by molar-refractivity contribution is 5.93. The SMILES string of the molecule is CCOC(=O)c1ccc2nc(-c3ccc(Oc4cccc(OCC5CC5)c4)cc3)oc2c1. The Morgan fingerprint density at radius 1 is 1.00 bits per heavy atom. The summed E-state index contributed by atoms with van der Waals surface area (Å²) in [5, 5.41) is 0. The molecule has 4 aromatic rings. The average molecular weight is 429 g/mol. The molecule has 0 amide bonds. The molecular weight excluding hydrogens is 406 g/mol. The van der Waals surface area contributed by atoms with Crippen molar-refractivity contribution in [3.8, 4) is 28.7 Å². The van der Waals surface area contributed by atoms with Crippen LogP contribution in [0.4, 0.5) is 0 Å². The Balaban J connectivity index is 1.29. The van der Waals surface area contributed by atoms with Crippen molar-refractivity contribution in [2.45, 2.75) is 19.8 Å². The van der Waals surface area contributed by atoms with E-state index in [1.165, 1.54) is 12.8 Å². The van der Waals surface area contributed by atoms with Crippen molar-refractivity contribution in [1.82, 2.24) is 4.98 Å². The molecule has 6 nitrogen and oxygen atoms in total. The number of oxazole rings is 1. The number of fused-ring (bicyclic) bond motifs is 1. The van der Waals surface area contributed by atoms with Crippen molar-refractivity contribution in [3.05, 3.63) is 72.3 Å². The van der Waals surface area contributed by atoms with Crippen LogP contribution >= 0.6 is 0 Å². The zero-order valence-corrected chi connectivity index (χ0v) is 17.7. The fraction of sp³-hybridized carbons (Fsp3) is 0.231. The molecule has 162 valence electrons. The van der Waals surface area contributed by atoms with Crippen LogP contribution in [0.25, 0.3) is 22.6 Å². The molecule has 1 fully saturated rings. The number of aromatic nitrogens is 1. The van der Waals surface area contributed by atoms with Crippen molar-refractivity contribution < 1.29 is 23.4 Å². The smallest absolute Gasteiger partial charge is 0.338 e. The van der Waals surface area contributed by atoms with Gasteiger partial charge in [0.15, 0.2) is 5.58 Å². The number of benzene rings is 3. The Kier molecular flexibility index (Phi) is 5.50. The van der Waals surface area contributed by atoms with Crippen molar-refractivity contribution in [3.63, 3.8) is 0 Å². The van der Waals surface area contributed by atoms with Crippen molar-refractivity contribution >= 4 is 17.1 Å². The van der Waals surface area contributed by atoms with Crippen LogP contribution < -0.4 is 9.47 Å². The Hall–Kier alpha value is -3.80. The number of ether oxygens (including phenoxy) is 3. The van der Waals surface area contributed by atoms with Gasteiger partial charge in [0.2, 0.25) is 5.89 Å². The second-order valence-electron chi connectivity index (χ2n) is 7.78. The van der Waals surface area contributed by atoms with Gasteiger partial charge < -0.3 is 18.6 Å². The molecular formula is C26H23NO5. The van der Waals surface area contributed by atoms with Crippen LogP contribution in [0.15, 0.2) is 71.1 Å². The molecule has 0 unspecified atom stereocenters. The predicted molar refractivity (Wildman–Crippen MR) is 120 cm³/mol. The fourth-order valence-electron chi connectivity index (χ4n) is 3.32. The summed E-state index contributed by atoms with van der Waals surface area (Å²) >= 11 is 0. The van der Waals surface area contributed by atoms with E-state index in [0.29, 0.717) is 40.8 Å². The predicted octanol–water partition coefficient (Wildman–Crippen LogP) is 6.25. The van der Waals surface area contributed by atoms with Crippen LogP contribution in [0.2, 0.25) is 0 Å². The molecule has 1 saturated carbocycles. The molecule has 0 atom stereocenters. The van der Waals surface area contributed by atoms with E-state index in [0.717, 1.165) is 23.7 Å². The summed E-state index contributed by atoms with van der Waals surface area (Å²) in [5.41, 5.74) is 2.46. The second-order valence-corrected chi connectivity index (χ2v) is 7.78. The van der Waals surface area contributed by atoms with Gasteiger partial charge in [-0.1, -0.05) is 6.07 Å². The van der Waals surface area contributed by atoms with E-state index in [1.807, 2.05) is 48.5 Å². The quantitative estimate of drug-likeness (QED) is 0.308. The van der Waals surface area contributed by atoms with Crippen LogP contribution in [0.5, 0.6) is 17.2 Å². The number of nitrogens with zero attached hydrogens (tertiary/aromatic N) is 1. The van der Waals surface area contributed by atoms with Gasteiger partial charge in [0.05, 0.1) is 18.8 Å². The highest BCUT2D eigenvalue weighted by Crippen LogP contribution is 2.32. The van der Waals surface area contributed by atoms with E-state index in [2.05, 4.69) is 4.98 Å². The van der Waals surface area contributed by atoms with Gasteiger partial charge in [-0.05, 0) is 80.3 Å². The Bertz CT molecular complexity index is 1240. The molecule has 0 radical (unpaired) electrons. The Morgan fingerprint density at radius 3 is 2.59 bits per heavy atom. The molecule has 0 aliphatic heterocycles. The molecule has 1 aromatic heterocycles. The first-order valence-electron chi connectivity index (χ1n) is 10.8. The van der Waals surface area contributed by atoms with E-state index in [1.54, 1.807) is 25.1 Å². The monoisotopic (exact) mass is 429 g/mol. The lowest BCUT2D eigenvalue weighted by molar-refractivity contribution is 0.0526. The third kappa shape index (κ3) is 4.59. The molecule has 1 heterocycles. The van der Waals surface area contributed by atoms with Gasteiger partial charge in [-0.3, -0.25) is 0 Å². The molecule has 1 aliphatic carbocycles. The number of rotatable bonds is 8. The molecule has 0 saturated heterocycles. The number of carbonyl (C=O) groups is 1. The zero-order chi connectivity index (χ0) is 21.9. The number of carbonyl (C=O) groups excluding carboxylic acids is 1. The van der Waals surface area contributed by atoms with E-state index in [9.17, 15) is 4.79 Å². The summed E-state index contributed by atoms with van der Waals surface area (Å²) in [5.74, 6) is 3.04. The van der Waals surface area contributed by atoms with Crippen LogP contribution in [0.1, 0.15) is 30.1 Å². The summed E-state index contributed by atoms with van der Waals surface area (Å²) < 4.78 is 22.7. The topological polar surface area (TPSA) is 70.8 Å². The number of hydrogen-bond donors (Lipinski definition) is 0. The molecule has 0 bridgehead atoms.